The summed E-state index contributed by atoms with van der Waals surface area (Å²) in [5.74, 6) is -0.0164. The maximum atomic E-state index is 12.4. The molecule has 2 aromatic carbocycles. The Bertz CT molecular complexity index is 969. The number of benzene rings is 2. The van der Waals surface area contributed by atoms with Crippen molar-refractivity contribution in [3.63, 3.8) is 0 Å². The summed E-state index contributed by atoms with van der Waals surface area (Å²) >= 11 is 0. The lowest BCUT2D eigenvalue weighted by Crippen LogP contribution is -2.26. The van der Waals surface area contributed by atoms with E-state index in [0.717, 1.165) is 16.5 Å². The Hall–Kier alpha value is -3.34. The number of H-pyrrole nitrogens is 1. The largest absolute Gasteiger partial charge is 0.479 e. The van der Waals surface area contributed by atoms with E-state index in [1.54, 1.807) is 50.3 Å². The molecule has 0 saturated heterocycles. The zero-order chi connectivity index (χ0) is 19.2. The van der Waals surface area contributed by atoms with Crippen molar-refractivity contribution >= 4 is 28.7 Å². The maximum Gasteiger partial charge on any atom is 0.347 e. The molecule has 1 heterocycles. The molecule has 0 fully saturated rings. The summed E-state index contributed by atoms with van der Waals surface area (Å²) in [4.78, 5) is 27.2. The van der Waals surface area contributed by atoms with E-state index in [0.29, 0.717) is 17.9 Å². The first-order valence-electron chi connectivity index (χ1n) is 8.80. The number of carbonyl (C=O) groups excluding carboxylic acids is 2. The van der Waals surface area contributed by atoms with Gasteiger partial charge in [-0.25, -0.2) is 4.79 Å². The van der Waals surface area contributed by atoms with Crippen LogP contribution in [0.1, 0.15) is 29.8 Å². The molecule has 1 aromatic heterocycles. The highest BCUT2D eigenvalue weighted by atomic mass is 16.6. The van der Waals surface area contributed by atoms with Crippen molar-refractivity contribution in [1.29, 1.82) is 0 Å². The van der Waals surface area contributed by atoms with Gasteiger partial charge in [0.05, 0.1) is 6.61 Å². The number of aromatic nitrogens is 1. The van der Waals surface area contributed by atoms with Gasteiger partial charge in [-0.2, -0.15) is 0 Å². The molecule has 5 nitrogen and oxygen atoms in total. The molecule has 0 aliphatic heterocycles. The first-order valence-corrected chi connectivity index (χ1v) is 8.80. The van der Waals surface area contributed by atoms with Crippen molar-refractivity contribution in [2.75, 3.05) is 6.61 Å². The molecule has 0 aliphatic carbocycles. The van der Waals surface area contributed by atoms with E-state index in [1.165, 1.54) is 0 Å². The summed E-state index contributed by atoms with van der Waals surface area (Å²) in [6, 6.07) is 14.6. The molecule has 0 saturated carbocycles. The van der Waals surface area contributed by atoms with Crippen molar-refractivity contribution in [2.45, 2.75) is 20.0 Å². The Kier molecular flexibility index (Phi) is 5.71. The molecule has 5 heteroatoms. The van der Waals surface area contributed by atoms with Crippen molar-refractivity contribution in [1.82, 2.24) is 4.98 Å². The fraction of sp³-hybridized carbons (Fsp3) is 0.182. The van der Waals surface area contributed by atoms with E-state index in [9.17, 15) is 9.59 Å². The molecule has 3 rings (SSSR count). The fourth-order valence-electron chi connectivity index (χ4n) is 2.70. The Labute approximate surface area is 157 Å². The molecule has 0 radical (unpaired) electrons. The van der Waals surface area contributed by atoms with E-state index in [2.05, 4.69) is 4.98 Å². The number of allylic oxidation sites excluding steroid dienone is 1. The second kappa shape index (κ2) is 8.36. The van der Waals surface area contributed by atoms with Gasteiger partial charge in [-0.1, -0.05) is 18.2 Å². The number of hydrogen-bond donors (Lipinski definition) is 1. The predicted octanol–water partition coefficient (Wildman–Crippen LogP) is 4.39. The number of rotatable bonds is 7. The SMILES string of the molecule is CCOC(=O)C(C)Oc1ccc(C(=O)/C=C/c2c[nH]c3ccccc23)cc1. The molecule has 1 atom stereocenters. The molecule has 0 bridgehead atoms. The van der Waals surface area contributed by atoms with Gasteiger partial charge in [-0.15, -0.1) is 0 Å². The van der Waals surface area contributed by atoms with Gasteiger partial charge in [0.25, 0.3) is 0 Å². The Morgan fingerprint density at radius 2 is 1.85 bits per heavy atom. The molecule has 3 aromatic rings. The summed E-state index contributed by atoms with van der Waals surface area (Å²) in [5, 5.41) is 1.07. The molecule has 1 unspecified atom stereocenters. The van der Waals surface area contributed by atoms with Crippen LogP contribution in [0.3, 0.4) is 0 Å². The predicted molar refractivity (Wildman–Crippen MR) is 105 cm³/mol. The normalized spacial score (nSPS) is 12.2. The van der Waals surface area contributed by atoms with Crippen LogP contribution in [0, 0.1) is 0 Å². The minimum atomic E-state index is -0.701. The smallest absolute Gasteiger partial charge is 0.347 e. The Balaban J connectivity index is 1.66. The Morgan fingerprint density at radius 3 is 2.59 bits per heavy atom. The van der Waals surface area contributed by atoms with Crippen LogP contribution in [-0.2, 0) is 9.53 Å². The van der Waals surface area contributed by atoms with Gasteiger partial charge in [-0.3, -0.25) is 4.79 Å². The second-order valence-electron chi connectivity index (χ2n) is 6.02. The number of carbonyl (C=O) groups is 2. The van der Waals surface area contributed by atoms with Crippen molar-refractivity contribution < 1.29 is 19.1 Å². The standard InChI is InChI=1S/C22H21NO4/c1-3-26-22(25)15(2)27-18-11-8-16(9-12-18)21(24)13-10-17-14-23-20-7-5-4-6-19(17)20/h4-15,23H,3H2,1-2H3/b13-10+. The minimum absolute atomic E-state index is 0.106. The topological polar surface area (TPSA) is 68.4 Å². The third-order valence-corrected chi connectivity index (χ3v) is 4.11. The molecular formula is C22H21NO4. The lowest BCUT2D eigenvalue weighted by Gasteiger charge is -2.13. The maximum absolute atomic E-state index is 12.4. The first kappa shape index (κ1) is 18.5. The summed E-state index contributed by atoms with van der Waals surface area (Å²) in [6.45, 7) is 3.68. The molecule has 138 valence electrons. The third-order valence-electron chi connectivity index (χ3n) is 4.11. The molecular weight excluding hydrogens is 342 g/mol. The Morgan fingerprint density at radius 1 is 1.11 bits per heavy atom. The number of nitrogens with one attached hydrogen (secondary N) is 1. The van der Waals surface area contributed by atoms with E-state index < -0.39 is 12.1 Å². The van der Waals surface area contributed by atoms with Crippen LogP contribution in [0.2, 0.25) is 0 Å². The molecule has 0 amide bonds. The van der Waals surface area contributed by atoms with Crippen molar-refractivity contribution in [3.05, 3.63) is 71.9 Å². The molecule has 1 N–H and O–H groups in total. The van der Waals surface area contributed by atoms with Crippen molar-refractivity contribution in [2.24, 2.45) is 0 Å². The van der Waals surface area contributed by atoms with Gasteiger partial charge in [0.2, 0.25) is 0 Å². The molecule has 0 spiro atoms. The molecule has 27 heavy (non-hydrogen) atoms. The highest BCUT2D eigenvalue weighted by molar-refractivity contribution is 6.07. The second-order valence-corrected chi connectivity index (χ2v) is 6.02. The lowest BCUT2D eigenvalue weighted by atomic mass is 10.1. The number of aromatic amines is 1. The summed E-state index contributed by atoms with van der Waals surface area (Å²) < 4.78 is 10.4. The number of para-hydroxylation sites is 1. The van der Waals surface area contributed by atoms with Crippen LogP contribution in [0.25, 0.3) is 17.0 Å². The van der Waals surface area contributed by atoms with Gasteiger partial charge < -0.3 is 14.5 Å². The van der Waals surface area contributed by atoms with E-state index in [4.69, 9.17) is 9.47 Å². The summed E-state index contributed by atoms with van der Waals surface area (Å²) in [6.07, 6.45) is 4.52. The quantitative estimate of drug-likeness (QED) is 0.384. The highest BCUT2D eigenvalue weighted by Gasteiger charge is 2.15. The van der Waals surface area contributed by atoms with Gasteiger partial charge in [0.1, 0.15) is 5.75 Å². The first-order chi connectivity index (χ1) is 13.1. The highest BCUT2D eigenvalue weighted by Crippen LogP contribution is 2.20. The van der Waals surface area contributed by atoms with Gasteiger partial charge in [-0.05, 0) is 61.9 Å². The van der Waals surface area contributed by atoms with Gasteiger partial charge in [0.15, 0.2) is 11.9 Å². The number of ketones is 1. The number of hydrogen-bond acceptors (Lipinski definition) is 4. The number of esters is 1. The number of ether oxygens (including phenoxy) is 2. The van der Waals surface area contributed by atoms with Crippen LogP contribution in [0.5, 0.6) is 5.75 Å². The average Bonchev–Trinajstić information content (AvgIpc) is 3.10. The summed E-state index contributed by atoms with van der Waals surface area (Å²) in [7, 11) is 0. The van der Waals surface area contributed by atoms with Crippen LogP contribution >= 0.6 is 0 Å². The van der Waals surface area contributed by atoms with Gasteiger partial charge in [0, 0.05) is 22.7 Å². The van der Waals surface area contributed by atoms with E-state index in [-0.39, 0.29) is 5.78 Å². The van der Waals surface area contributed by atoms with Crippen LogP contribution in [-0.4, -0.2) is 29.4 Å². The molecule has 0 aliphatic rings. The zero-order valence-corrected chi connectivity index (χ0v) is 15.3. The van der Waals surface area contributed by atoms with E-state index in [1.807, 2.05) is 30.5 Å². The number of fused-ring (bicyclic) bond motifs is 1. The van der Waals surface area contributed by atoms with E-state index >= 15 is 0 Å². The average molecular weight is 363 g/mol. The van der Waals surface area contributed by atoms with Gasteiger partial charge >= 0.3 is 5.97 Å². The third kappa shape index (κ3) is 4.44. The minimum Gasteiger partial charge on any atom is -0.479 e. The fourth-order valence-corrected chi connectivity index (χ4v) is 2.70. The summed E-state index contributed by atoms with van der Waals surface area (Å²) in [5.41, 5.74) is 2.53. The van der Waals surface area contributed by atoms with Crippen molar-refractivity contribution in [3.8, 4) is 5.75 Å². The van der Waals surface area contributed by atoms with Crippen LogP contribution in [0.4, 0.5) is 0 Å². The monoisotopic (exact) mass is 363 g/mol. The van der Waals surface area contributed by atoms with Crippen LogP contribution < -0.4 is 4.74 Å². The van der Waals surface area contributed by atoms with Crippen LogP contribution in [0.15, 0.2) is 60.8 Å². The zero-order valence-electron chi connectivity index (χ0n) is 15.3. The lowest BCUT2D eigenvalue weighted by molar-refractivity contribution is -0.150.